The Morgan fingerprint density at radius 3 is 2.84 bits per heavy atom. The van der Waals surface area contributed by atoms with E-state index in [1.54, 1.807) is 0 Å². The second-order valence-corrected chi connectivity index (χ2v) is 5.42. The molecule has 0 aliphatic heterocycles. The minimum Gasteiger partial charge on any atom is -0.480 e. The third-order valence-corrected chi connectivity index (χ3v) is 3.78. The molecule has 3 N–H and O–H groups in total. The average Bonchev–Trinajstić information content (AvgIpc) is 3.14. The van der Waals surface area contributed by atoms with E-state index in [1.165, 1.54) is 18.4 Å². The van der Waals surface area contributed by atoms with Crippen LogP contribution in [0.1, 0.15) is 18.4 Å². The highest BCUT2D eigenvalue weighted by atomic mass is 16.4. The Morgan fingerprint density at radius 2 is 2.16 bits per heavy atom. The molecule has 1 atom stereocenters. The molecule has 3 rings (SSSR count). The van der Waals surface area contributed by atoms with E-state index >= 15 is 0 Å². The van der Waals surface area contributed by atoms with Crippen molar-refractivity contribution in [2.75, 3.05) is 0 Å². The van der Waals surface area contributed by atoms with Gasteiger partial charge < -0.3 is 15.4 Å². The number of carboxylic acids is 1. The number of hydrogen-bond donors (Lipinski definition) is 2. The van der Waals surface area contributed by atoms with Gasteiger partial charge in [-0.3, -0.25) is 4.79 Å². The second-order valence-electron chi connectivity index (χ2n) is 5.42. The Bertz CT molecular complexity index is 614. The van der Waals surface area contributed by atoms with Crippen LogP contribution >= 0.6 is 0 Å². The maximum absolute atomic E-state index is 10.9. The Morgan fingerprint density at radius 1 is 1.42 bits per heavy atom. The maximum atomic E-state index is 10.9. The smallest absolute Gasteiger partial charge is 0.320 e. The minimum atomic E-state index is -0.945. The molecule has 1 aliphatic rings. The molecule has 0 saturated heterocycles. The molecule has 0 radical (unpaired) electrons. The van der Waals surface area contributed by atoms with Gasteiger partial charge in [0.05, 0.1) is 0 Å². The van der Waals surface area contributed by atoms with E-state index in [4.69, 9.17) is 10.8 Å². The van der Waals surface area contributed by atoms with Crippen molar-refractivity contribution in [1.82, 2.24) is 4.57 Å². The number of rotatable bonds is 5. The highest BCUT2D eigenvalue weighted by Crippen LogP contribution is 2.33. The van der Waals surface area contributed by atoms with Crippen molar-refractivity contribution in [3.8, 4) is 0 Å². The van der Waals surface area contributed by atoms with E-state index in [-0.39, 0.29) is 0 Å². The van der Waals surface area contributed by atoms with E-state index < -0.39 is 12.0 Å². The Hall–Kier alpha value is -1.81. The van der Waals surface area contributed by atoms with Gasteiger partial charge in [0.2, 0.25) is 0 Å². The molecule has 0 spiro atoms. The van der Waals surface area contributed by atoms with Crippen LogP contribution in [-0.2, 0) is 17.8 Å². The first-order chi connectivity index (χ1) is 9.15. The summed E-state index contributed by atoms with van der Waals surface area (Å²) in [6.45, 7) is 1.03. The molecule has 4 nitrogen and oxygen atoms in total. The van der Waals surface area contributed by atoms with Crippen LogP contribution in [0.4, 0.5) is 0 Å². The van der Waals surface area contributed by atoms with Gasteiger partial charge in [0.1, 0.15) is 6.04 Å². The zero-order valence-corrected chi connectivity index (χ0v) is 10.7. The summed E-state index contributed by atoms with van der Waals surface area (Å²) in [6.07, 6.45) is 5.06. The number of carbonyl (C=O) groups is 1. The molecular formula is C15H18N2O2. The van der Waals surface area contributed by atoms with Gasteiger partial charge in [-0.2, -0.15) is 0 Å². The lowest BCUT2D eigenvalue weighted by Crippen LogP contribution is -2.32. The van der Waals surface area contributed by atoms with Crippen LogP contribution < -0.4 is 5.73 Å². The third kappa shape index (κ3) is 2.49. The summed E-state index contributed by atoms with van der Waals surface area (Å²) in [5.41, 5.74) is 7.87. The second kappa shape index (κ2) is 4.70. The van der Waals surface area contributed by atoms with Gasteiger partial charge in [0.15, 0.2) is 0 Å². The van der Waals surface area contributed by atoms with Crippen molar-refractivity contribution in [3.05, 3.63) is 36.0 Å². The SMILES string of the molecule is N[C@@H](Cc1cn(CC2CC2)c2ccccc12)C(=O)O. The summed E-state index contributed by atoms with van der Waals surface area (Å²) in [7, 11) is 0. The molecule has 0 amide bonds. The first-order valence-electron chi connectivity index (χ1n) is 6.70. The molecule has 1 aromatic heterocycles. The molecule has 1 aromatic carbocycles. The standard InChI is InChI=1S/C15H18N2O2/c16-13(15(18)19)7-11-9-17(8-10-5-6-10)14-4-2-1-3-12(11)14/h1-4,9-10,13H,5-8,16H2,(H,18,19)/t13-/m0/s1. The van der Waals surface area contributed by atoms with E-state index in [0.717, 1.165) is 23.4 Å². The van der Waals surface area contributed by atoms with Gasteiger partial charge in [-0.1, -0.05) is 18.2 Å². The van der Waals surface area contributed by atoms with Crippen LogP contribution in [-0.4, -0.2) is 21.7 Å². The number of benzene rings is 1. The summed E-state index contributed by atoms with van der Waals surface area (Å²) in [5, 5.41) is 10.1. The number of carboxylic acid groups (broad SMARTS) is 1. The van der Waals surface area contributed by atoms with Gasteiger partial charge in [-0.05, 0) is 30.4 Å². The first kappa shape index (κ1) is 12.2. The number of nitrogens with zero attached hydrogens (tertiary/aromatic N) is 1. The maximum Gasteiger partial charge on any atom is 0.320 e. The summed E-state index contributed by atoms with van der Waals surface area (Å²) >= 11 is 0. The molecule has 2 aromatic rings. The lowest BCUT2D eigenvalue weighted by molar-refractivity contribution is -0.138. The van der Waals surface area contributed by atoms with Crippen molar-refractivity contribution in [2.45, 2.75) is 31.8 Å². The van der Waals surface area contributed by atoms with E-state index in [9.17, 15) is 4.79 Å². The van der Waals surface area contributed by atoms with Crippen LogP contribution in [0.5, 0.6) is 0 Å². The molecule has 1 fully saturated rings. The molecule has 1 heterocycles. The van der Waals surface area contributed by atoms with Gasteiger partial charge in [-0.25, -0.2) is 0 Å². The molecule has 0 unspecified atom stereocenters. The van der Waals surface area contributed by atoms with Crippen LogP contribution in [0.25, 0.3) is 10.9 Å². The summed E-state index contributed by atoms with van der Waals surface area (Å²) in [6, 6.07) is 7.31. The average molecular weight is 258 g/mol. The normalized spacial score (nSPS) is 16.7. The highest BCUT2D eigenvalue weighted by Gasteiger charge is 2.23. The molecule has 1 aliphatic carbocycles. The Balaban J connectivity index is 1.96. The van der Waals surface area contributed by atoms with Crippen molar-refractivity contribution in [3.63, 3.8) is 0 Å². The molecule has 1 saturated carbocycles. The van der Waals surface area contributed by atoms with Crippen molar-refractivity contribution >= 4 is 16.9 Å². The fourth-order valence-electron chi connectivity index (χ4n) is 2.54. The van der Waals surface area contributed by atoms with Crippen LogP contribution in [0, 0.1) is 5.92 Å². The van der Waals surface area contributed by atoms with Gasteiger partial charge >= 0.3 is 5.97 Å². The highest BCUT2D eigenvalue weighted by molar-refractivity contribution is 5.85. The zero-order valence-electron chi connectivity index (χ0n) is 10.7. The van der Waals surface area contributed by atoms with E-state index in [0.29, 0.717) is 6.42 Å². The summed E-state index contributed by atoms with van der Waals surface area (Å²) < 4.78 is 2.25. The van der Waals surface area contributed by atoms with Gasteiger partial charge in [0, 0.05) is 30.1 Å². The molecule has 0 bridgehead atoms. The van der Waals surface area contributed by atoms with E-state index in [2.05, 4.69) is 16.8 Å². The first-order valence-corrected chi connectivity index (χ1v) is 6.70. The predicted octanol–water partition coefficient (Wildman–Crippen LogP) is 2.01. The van der Waals surface area contributed by atoms with Crippen LogP contribution in [0.2, 0.25) is 0 Å². The molecule has 100 valence electrons. The largest absolute Gasteiger partial charge is 0.480 e. The van der Waals surface area contributed by atoms with Crippen molar-refractivity contribution in [1.29, 1.82) is 0 Å². The van der Waals surface area contributed by atoms with Gasteiger partial charge in [-0.15, -0.1) is 0 Å². The van der Waals surface area contributed by atoms with E-state index in [1.807, 2.05) is 18.2 Å². The summed E-state index contributed by atoms with van der Waals surface area (Å²) in [4.78, 5) is 10.9. The number of para-hydroxylation sites is 1. The number of aromatic nitrogens is 1. The van der Waals surface area contributed by atoms with Crippen molar-refractivity contribution < 1.29 is 9.90 Å². The quantitative estimate of drug-likeness (QED) is 0.862. The number of nitrogens with two attached hydrogens (primary N) is 1. The van der Waals surface area contributed by atoms with Crippen molar-refractivity contribution in [2.24, 2.45) is 11.7 Å². The number of aliphatic carboxylic acids is 1. The predicted molar refractivity (Wildman–Crippen MR) is 74.0 cm³/mol. The van der Waals surface area contributed by atoms with Crippen LogP contribution in [0.3, 0.4) is 0 Å². The fraction of sp³-hybridized carbons (Fsp3) is 0.400. The molecular weight excluding hydrogens is 240 g/mol. The summed E-state index contributed by atoms with van der Waals surface area (Å²) in [5.74, 6) is -0.157. The Kier molecular flexibility index (Phi) is 3.03. The zero-order chi connectivity index (χ0) is 13.4. The van der Waals surface area contributed by atoms with Crippen LogP contribution in [0.15, 0.2) is 30.5 Å². The molecule has 19 heavy (non-hydrogen) atoms. The third-order valence-electron chi connectivity index (χ3n) is 3.78. The Labute approximate surface area is 111 Å². The number of fused-ring (bicyclic) bond motifs is 1. The lowest BCUT2D eigenvalue weighted by atomic mass is 10.1. The fourth-order valence-corrected chi connectivity index (χ4v) is 2.54. The topological polar surface area (TPSA) is 68.2 Å². The minimum absolute atomic E-state index is 0.382. The number of hydrogen-bond acceptors (Lipinski definition) is 2. The monoisotopic (exact) mass is 258 g/mol. The molecule has 4 heteroatoms. The van der Waals surface area contributed by atoms with Gasteiger partial charge in [0.25, 0.3) is 0 Å². The lowest BCUT2D eigenvalue weighted by Gasteiger charge is -2.04.